The van der Waals surface area contributed by atoms with Crippen molar-refractivity contribution in [2.45, 2.75) is 38.1 Å². The molecule has 128 valence electrons. The minimum absolute atomic E-state index is 0.0306. The van der Waals surface area contributed by atoms with Crippen molar-refractivity contribution in [2.24, 2.45) is 5.73 Å². The number of carboxylic acid groups (broad SMARTS) is 2. The van der Waals surface area contributed by atoms with Gasteiger partial charge in [0.2, 0.25) is 5.89 Å². The van der Waals surface area contributed by atoms with Crippen molar-refractivity contribution in [3.63, 3.8) is 0 Å². The number of carbonyl (C=O) groups is 3. The SMILES string of the molecule is CC(O)[C@H](NC(=O)NCc1nc([C@@H](N)CC(=O)O)no1)C(=O)O. The zero-order valence-electron chi connectivity index (χ0n) is 12.1. The Morgan fingerprint density at radius 1 is 1.35 bits per heavy atom. The molecule has 0 aliphatic heterocycles. The van der Waals surface area contributed by atoms with Gasteiger partial charge in [-0.1, -0.05) is 5.16 Å². The van der Waals surface area contributed by atoms with E-state index in [2.05, 4.69) is 15.5 Å². The number of nitrogens with one attached hydrogen (secondary N) is 2. The number of aliphatic carboxylic acids is 2. The molecule has 1 aromatic heterocycles. The number of urea groups is 1. The van der Waals surface area contributed by atoms with Gasteiger partial charge in [0.05, 0.1) is 25.1 Å². The lowest BCUT2D eigenvalue weighted by atomic mass is 10.2. The topological polar surface area (TPSA) is 201 Å². The van der Waals surface area contributed by atoms with E-state index in [1.807, 2.05) is 5.32 Å². The van der Waals surface area contributed by atoms with E-state index in [-0.39, 0.29) is 24.7 Å². The van der Waals surface area contributed by atoms with Gasteiger partial charge in [-0.2, -0.15) is 4.98 Å². The Labute approximate surface area is 129 Å². The standard InChI is InChI=1S/C11H17N5O7/c1-4(17)8(10(20)21)15-11(22)13-3-6-14-9(16-23-6)5(12)2-7(18)19/h4-5,8,17H,2-3,12H2,1H3,(H,18,19)(H,20,21)(H2,13,15,22)/t4?,5-,8-/m0/s1. The van der Waals surface area contributed by atoms with Crippen LogP contribution in [0.25, 0.3) is 0 Å². The molecule has 0 saturated carbocycles. The number of amides is 2. The summed E-state index contributed by atoms with van der Waals surface area (Å²) >= 11 is 0. The van der Waals surface area contributed by atoms with Crippen LogP contribution in [-0.2, 0) is 16.1 Å². The minimum atomic E-state index is -1.47. The van der Waals surface area contributed by atoms with Crippen molar-refractivity contribution in [1.82, 2.24) is 20.8 Å². The Hall–Kier alpha value is -2.73. The zero-order valence-corrected chi connectivity index (χ0v) is 12.1. The second-order valence-electron chi connectivity index (χ2n) is 4.63. The molecule has 1 heterocycles. The largest absolute Gasteiger partial charge is 0.481 e. The Balaban J connectivity index is 2.52. The monoisotopic (exact) mass is 331 g/mol. The predicted octanol–water partition coefficient (Wildman–Crippen LogP) is -1.82. The highest BCUT2D eigenvalue weighted by molar-refractivity contribution is 5.82. The summed E-state index contributed by atoms with van der Waals surface area (Å²) in [5, 5.41) is 34.4. The summed E-state index contributed by atoms with van der Waals surface area (Å²) in [5.41, 5.74) is 5.54. The normalized spacial score (nSPS) is 14.6. The van der Waals surface area contributed by atoms with Crippen LogP contribution in [0.3, 0.4) is 0 Å². The van der Waals surface area contributed by atoms with E-state index in [9.17, 15) is 19.5 Å². The molecule has 1 rings (SSSR count). The van der Waals surface area contributed by atoms with Gasteiger partial charge in [0.15, 0.2) is 11.9 Å². The van der Waals surface area contributed by atoms with Crippen LogP contribution in [0.2, 0.25) is 0 Å². The Morgan fingerprint density at radius 3 is 2.52 bits per heavy atom. The molecule has 0 fully saturated rings. The summed E-state index contributed by atoms with van der Waals surface area (Å²) in [4.78, 5) is 36.7. The molecule has 12 heteroatoms. The van der Waals surface area contributed by atoms with Crippen LogP contribution >= 0.6 is 0 Å². The fraction of sp³-hybridized carbons (Fsp3) is 0.545. The highest BCUT2D eigenvalue weighted by atomic mass is 16.5. The molecule has 0 aliphatic rings. The van der Waals surface area contributed by atoms with Crippen LogP contribution in [0.15, 0.2) is 4.52 Å². The number of aromatic nitrogens is 2. The van der Waals surface area contributed by atoms with E-state index in [0.29, 0.717) is 0 Å². The number of aliphatic hydroxyl groups excluding tert-OH is 1. The molecular weight excluding hydrogens is 314 g/mol. The van der Waals surface area contributed by atoms with E-state index < -0.39 is 36.2 Å². The number of nitrogens with zero attached hydrogens (tertiary/aromatic N) is 2. The first kappa shape index (κ1) is 18.3. The summed E-state index contributed by atoms with van der Waals surface area (Å²) in [6.07, 6.45) is -1.68. The number of hydrogen-bond donors (Lipinski definition) is 6. The number of carboxylic acids is 2. The maximum absolute atomic E-state index is 11.5. The van der Waals surface area contributed by atoms with Gasteiger partial charge in [-0.25, -0.2) is 9.59 Å². The molecule has 0 saturated heterocycles. The first-order valence-corrected chi connectivity index (χ1v) is 6.45. The maximum atomic E-state index is 11.5. The molecule has 0 radical (unpaired) electrons. The molecule has 12 nitrogen and oxygen atoms in total. The van der Waals surface area contributed by atoms with Gasteiger partial charge in [-0.05, 0) is 6.92 Å². The molecule has 1 unspecified atom stereocenters. The smallest absolute Gasteiger partial charge is 0.328 e. The summed E-state index contributed by atoms with van der Waals surface area (Å²) in [7, 11) is 0. The fourth-order valence-corrected chi connectivity index (χ4v) is 1.51. The number of carbonyl (C=O) groups excluding carboxylic acids is 1. The van der Waals surface area contributed by atoms with Crippen molar-refractivity contribution in [1.29, 1.82) is 0 Å². The van der Waals surface area contributed by atoms with Gasteiger partial charge < -0.3 is 36.2 Å². The number of rotatable bonds is 8. The Morgan fingerprint density at radius 2 is 2.00 bits per heavy atom. The molecule has 0 spiro atoms. The molecule has 7 N–H and O–H groups in total. The molecule has 0 aromatic carbocycles. The number of aliphatic hydroxyl groups is 1. The first-order chi connectivity index (χ1) is 10.7. The molecule has 0 bridgehead atoms. The summed E-state index contributed by atoms with van der Waals surface area (Å²) in [6, 6.07) is -3.30. The van der Waals surface area contributed by atoms with Gasteiger partial charge in [0.25, 0.3) is 0 Å². The highest BCUT2D eigenvalue weighted by Gasteiger charge is 2.25. The van der Waals surface area contributed by atoms with Crippen molar-refractivity contribution >= 4 is 18.0 Å². The van der Waals surface area contributed by atoms with E-state index in [4.69, 9.17) is 20.5 Å². The van der Waals surface area contributed by atoms with Gasteiger partial charge >= 0.3 is 18.0 Å². The van der Waals surface area contributed by atoms with E-state index in [1.165, 1.54) is 6.92 Å². The quantitative estimate of drug-likeness (QED) is 0.315. The van der Waals surface area contributed by atoms with Gasteiger partial charge in [-0.3, -0.25) is 4.79 Å². The molecule has 2 amide bonds. The number of hydrogen-bond acceptors (Lipinski definition) is 8. The van der Waals surface area contributed by atoms with Crippen molar-refractivity contribution in [3.05, 3.63) is 11.7 Å². The first-order valence-electron chi connectivity index (χ1n) is 6.45. The van der Waals surface area contributed by atoms with Crippen molar-refractivity contribution in [2.75, 3.05) is 0 Å². The maximum Gasteiger partial charge on any atom is 0.328 e. The third-order valence-electron chi connectivity index (χ3n) is 2.65. The lowest BCUT2D eigenvalue weighted by Gasteiger charge is -2.16. The van der Waals surface area contributed by atoms with Crippen LogP contribution in [0.5, 0.6) is 0 Å². The average molecular weight is 331 g/mol. The van der Waals surface area contributed by atoms with E-state index >= 15 is 0 Å². The van der Waals surface area contributed by atoms with Crippen LogP contribution in [0.4, 0.5) is 4.79 Å². The van der Waals surface area contributed by atoms with Crippen LogP contribution in [-0.4, -0.2) is 55.6 Å². The van der Waals surface area contributed by atoms with Crippen molar-refractivity contribution < 1.29 is 34.2 Å². The second-order valence-corrected chi connectivity index (χ2v) is 4.63. The predicted molar refractivity (Wildman–Crippen MR) is 72.0 cm³/mol. The third kappa shape index (κ3) is 5.88. The zero-order chi connectivity index (χ0) is 17.6. The van der Waals surface area contributed by atoms with Gasteiger partial charge in [0.1, 0.15) is 0 Å². The van der Waals surface area contributed by atoms with E-state index in [0.717, 1.165) is 0 Å². The fourth-order valence-electron chi connectivity index (χ4n) is 1.51. The highest BCUT2D eigenvalue weighted by Crippen LogP contribution is 2.10. The lowest BCUT2D eigenvalue weighted by Crippen LogP contribution is -2.51. The average Bonchev–Trinajstić information content (AvgIpc) is 2.90. The van der Waals surface area contributed by atoms with Crippen molar-refractivity contribution in [3.8, 4) is 0 Å². The molecule has 0 aliphatic carbocycles. The third-order valence-corrected chi connectivity index (χ3v) is 2.65. The molecule has 23 heavy (non-hydrogen) atoms. The molecular formula is C11H17N5O7. The van der Waals surface area contributed by atoms with Gasteiger partial charge in [-0.15, -0.1) is 0 Å². The molecule has 3 atom stereocenters. The van der Waals surface area contributed by atoms with Crippen LogP contribution in [0, 0.1) is 0 Å². The Kier molecular flexibility index (Phi) is 6.41. The van der Waals surface area contributed by atoms with E-state index in [1.54, 1.807) is 0 Å². The van der Waals surface area contributed by atoms with Gasteiger partial charge in [0, 0.05) is 0 Å². The van der Waals surface area contributed by atoms with Crippen LogP contribution < -0.4 is 16.4 Å². The minimum Gasteiger partial charge on any atom is -0.481 e. The summed E-state index contributed by atoms with van der Waals surface area (Å²) in [6.45, 7) is 0.984. The molecule has 1 aromatic rings. The lowest BCUT2D eigenvalue weighted by molar-refractivity contribution is -0.142. The second kappa shape index (κ2) is 8.05. The summed E-state index contributed by atoms with van der Waals surface area (Å²) < 4.78 is 4.78. The number of nitrogens with two attached hydrogens (primary N) is 1. The Bertz CT molecular complexity index is 573. The summed E-state index contributed by atoms with van der Waals surface area (Å²) in [5.74, 6) is -2.59. The van der Waals surface area contributed by atoms with Crippen LogP contribution in [0.1, 0.15) is 31.1 Å².